The largest absolute Gasteiger partial charge is 0.326 e. The summed E-state index contributed by atoms with van der Waals surface area (Å²) in [7, 11) is 0. The van der Waals surface area contributed by atoms with Gasteiger partial charge in [0.2, 0.25) is 5.91 Å². The number of nitrogens with zero attached hydrogens (tertiary/aromatic N) is 1. The van der Waals surface area contributed by atoms with Crippen LogP contribution in [0.4, 0.5) is 21.9 Å². The van der Waals surface area contributed by atoms with Crippen LogP contribution in [0.1, 0.15) is 6.92 Å². The van der Waals surface area contributed by atoms with Gasteiger partial charge in [-0.05, 0) is 42.2 Å². The summed E-state index contributed by atoms with van der Waals surface area (Å²) < 4.78 is 5.26. The lowest BCUT2D eigenvalue weighted by Gasteiger charge is -2.10. The summed E-state index contributed by atoms with van der Waals surface area (Å²) in [4.78, 5) is 23.3. The number of nitrogens with one attached hydrogen (secondary N) is 3. The van der Waals surface area contributed by atoms with Crippen LogP contribution in [0.3, 0.4) is 0 Å². The van der Waals surface area contributed by atoms with Crippen LogP contribution in [0.15, 0.2) is 33.5 Å². The zero-order valence-corrected chi connectivity index (χ0v) is 15.2. The summed E-state index contributed by atoms with van der Waals surface area (Å²) in [6.07, 6.45) is 3.86. The number of anilines is 3. The number of thioether (sulfide) groups is 2. The standard InChI is InChI=1S/C14H16N4O2S3/c1-8(19)15-9-5-4-6-10(7-9)16-14(20)17-11-12(21-2)18-23-13(11)22-3/h4-7H,1-3H3,(H,15,19)(H2,16,17,20). The lowest BCUT2D eigenvalue weighted by molar-refractivity contribution is -0.114. The van der Waals surface area contributed by atoms with E-state index in [1.54, 1.807) is 36.0 Å². The van der Waals surface area contributed by atoms with Gasteiger partial charge in [-0.3, -0.25) is 4.79 Å². The maximum atomic E-state index is 12.2. The van der Waals surface area contributed by atoms with Gasteiger partial charge in [-0.15, -0.1) is 23.5 Å². The molecular weight excluding hydrogens is 352 g/mol. The molecule has 0 aliphatic heterocycles. The number of urea groups is 1. The summed E-state index contributed by atoms with van der Waals surface area (Å²) in [6.45, 7) is 1.43. The Labute approximate surface area is 147 Å². The van der Waals surface area contributed by atoms with E-state index in [-0.39, 0.29) is 11.9 Å². The molecule has 1 aromatic carbocycles. The van der Waals surface area contributed by atoms with Crippen molar-refractivity contribution in [1.29, 1.82) is 0 Å². The Kier molecular flexibility index (Phi) is 6.31. The highest BCUT2D eigenvalue weighted by Crippen LogP contribution is 2.37. The Hall–Kier alpha value is -1.71. The molecule has 3 amide bonds. The molecule has 0 aliphatic rings. The molecule has 122 valence electrons. The van der Waals surface area contributed by atoms with Crippen molar-refractivity contribution >= 4 is 64.1 Å². The Bertz CT molecular complexity index is 696. The van der Waals surface area contributed by atoms with Crippen LogP contribution in [-0.4, -0.2) is 28.8 Å². The molecule has 0 saturated heterocycles. The number of hydrogen-bond acceptors (Lipinski definition) is 6. The molecule has 6 nitrogen and oxygen atoms in total. The third kappa shape index (κ3) is 4.88. The molecular formula is C14H16N4O2S3. The van der Waals surface area contributed by atoms with Gasteiger partial charge in [-0.2, -0.15) is 4.37 Å². The van der Waals surface area contributed by atoms with E-state index in [0.717, 1.165) is 14.9 Å². The van der Waals surface area contributed by atoms with E-state index in [0.29, 0.717) is 11.4 Å². The van der Waals surface area contributed by atoms with Crippen molar-refractivity contribution in [1.82, 2.24) is 4.37 Å². The first kappa shape index (κ1) is 17.6. The first-order valence-electron chi connectivity index (χ1n) is 6.56. The Morgan fingerprint density at radius 3 is 2.39 bits per heavy atom. The van der Waals surface area contributed by atoms with Crippen LogP contribution in [0.2, 0.25) is 0 Å². The van der Waals surface area contributed by atoms with Crippen molar-refractivity contribution in [2.24, 2.45) is 0 Å². The van der Waals surface area contributed by atoms with E-state index in [9.17, 15) is 9.59 Å². The minimum atomic E-state index is -0.351. The van der Waals surface area contributed by atoms with Crippen molar-refractivity contribution in [2.75, 3.05) is 28.5 Å². The molecule has 1 heterocycles. The molecule has 2 aromatic rings. The first-order chi connectivity index (χ1) is 11.0. The van der Waals surface area contributed by atoms with Gasteiger partial charge in [-0.1, -0.05) is 6.07 Å². The second-order valence-electron chi connectivity index (χ2n) is 4.40. The van der Waals surface area contributed by atoms with Crippen LogP contribution in [0, 0.1) is 0 Å². The molecule has 1 aromatic heterocycles. The number of hydrogen-bond donors (Lipinski definition) is 3. The van der Waals surface area contributed by atoms with Crippen molar-refractivity contribution in [3.8, 4) is 0 Å². The third-order valence-corrected chi connectivity index (χ3v) is 5.43. The molecule has 0 unspecified atom stereocenters. The Balaban J connectivity index is 2.08. The minimum Gasteiger partial charge on any atom is -0.326 e. The van der Waals surface area contributed by atoms with Gasteiger partial charge in [-0.25, -0.2) is 4.79 Å². The number of carbonyl (C=O) groups is 2. The van der Waals surface area contributed by atoms with E-state index < -0.39 is 0 Å². The number of benzene rings is 1. The molecule has 0 bridgehead atoms. The number of amides is 3. The predicted octanol–water partition coefficient (Wildman–Crippen LogP) is 4.19. The highest BCUT2D eigenvalue weighted by Gasteiger charge is 2.15. The van der Waals surface area contributed by atoms with Crippen molar-refractivity contribution in [3.05, 3.63) is 24.3 Å². The monoisotopic (exact) mass is 368 g/mol. The minimum absolute atomic E-state index is 0.162. The van der Waals surface area contributed by atoms with E-state index >= 15 is 0 Å². The number of aromatic nitrogens is 1. The predicted molar refractivity (Wildman–Crippen MR) is 99.1 cm³/mol. The van der Waals surface area contributed by atoms with Crippen molar-refractivity contribution in [3.63, 3.8) is 0 Å². The summed E-state index contributed by atoms with van der Waals surface area (Å²) in [5.41, 5.74) is 1.95. The van der Waals surface area contributed by atoms with E-state index in [1.165, 1.54) is 30.2 Å². The Morgan fingerprint density at radius 2 is 1.78 bits per heavy atom. The molecule has 0 atom stereocenters. The average Bonchev–Trinajstić information content (AvgIpc) is 2.88. The summed E-state index contributed by atoms with van der Waals surface area (Å²) in [5, 5.41) is 9.06. The molecule has 0 spiro atoms. The van der Waals surface area contributed by atoms with E-state index in [4.69, 9.17) is 0 Å². The van der Waals surface area contributed by atoms with Crippen molar-refractivity contribution < 1.29 is 9.59 Å². The second-order valence-corrected chi connectivity index (χ2v) is 7.04. The molecule has 23 heavy (non-hydrogen) atoms. The molecule has 3 N–H and O–H groups in total. The van der Waals surface area contributed by atoms with E-state index in [1.807, 2.05) is 12.5 Å². The van der Waals surface area contributed by atoms with Crippen molar-refractivity contribution in [2.45, 2.75) is 16.2 Å². The van der Waals surface area contributed by atoms with Crippen LogP contribution < -0.4 is 16.0 Å². The van der Waals surface area contributed by atoms with Crippen LogP contribution in [0.5, 0.6) is 0 Å². The molecule has 2 rings (SSSR count). The zero-order valence-electron chi connectivity index (χ0n) is 12.8. The van der Waals surface area contributed by atoms with Gasteiger partial charge in [0.05, 0.1) is 0 Å². The lowest BCUT2D eigenvalue weighted by Crippen LogP contribution is -2.20. The summed E-state index contributed by atoms with van der Waals surface area (Å²) in [5.74, 6) is -0.162. The molecule has 0 fully saturated rings. The van der Waals surface area contributed by atoms with Gasteiger partial charge < -0.3 is 16.0 Å². The molecule has 0 radical (unpaired) electrons. The number of rotatable bonds is 5. The van der Waals surface area contributed by atoms with Crippen LogP contribution >= 0.6 is 35.1 Å². The smallest absolute Gasteiger partial charge is 0.323 e. The third-order valence-electron chi connectivity index (χ3n) is 2.69. The van der Waals surface area contributed by atoms with Gasteiger partial charge in [0.1, 0.15) is 14.9 Å². The normalized spacial score (nSPS) is 10.2. The van der Waals surface area contributed by atoms with Crippen LogP contribution in [-0.2, 0) is 4.79 Å². The second kappa shape index (κ2) is 8.23. The fraction of sp³-hybridized carbons (Fsp3) is 0.214. The van der Waals surface area contributed by atoms with Gasteiger partial charge in [0.25, 0.3) is 0 Å². The average molecular weight is 369 g/mol. The maximum Gasteiger partial charge on any atom is 0.323 e. The topological polar surface area (TPSA) is 83.1 Å². The molecule has 0 saturated carbocycles. The van der Waals surface area contributed by atoms with Gasteiger partial charge >= 0.3 is 6.03 Å². The number of carbonyl (C=O) groups excluding carboxylic acids is 2. The first-order valence-corrected chi connectivity index (χ1v) is 9.79. The Morgan fingerprint density at radius 1 is 1.09 bits per heavy atom. The highest BCUT2D eigenvalue weighted by molar-refractivity contribution is 8.01. The van der Waals surface area contributed by atoms with Gasteiger partial charge in [0, 0.05) is 18.3 Å². The zero-order chi connectivity index (χ0) is 16.8. The van der Waals surface area contributed by atoms with Crippen LogP contribution in [0.25, 0.3) is 0 Å². The van der Waals surface area contributed by atoms with E-state index in [2.05, 4.69) is 20.3 Å². The summed E-state index contributed by atoms with van der Waals surface area (Å²) >= 11 is 4.39. The fourth-order valence-electron chi connectivity index (χ4n) is 1.80. The maximum absolute atomic E-state index is 12.2. The summed E-state index contributed by atoms with van der Waals surface area (Å²) in [6, 6.07) is 6.61. The quantitative estimate of drug-likeness (QED) is 0.689. The highest BCUT2D eigenvalue weighted by atomic mass is 32.2. The fourth-order valence-corrected chi connectivity index (χ4v) is 3.95. The molecule has 9 heteroatoms. The lowest BCUT2D eigenvalue weighted by atomic mass is 10.3. The van der Waals surface area contributed by atoms with Gasteiger partial charge in [0.15, 0.2) is 0 Å². The SMILES string of the molecule is CSc1nsc(SC)c1NC(=O)Nc1cccc(NC(C)=O)c1. The molecule has 0 aliphatic carbocycles.